The van der Waals surface area contributed by atoms with Crippen LogP contribution in [0.1, 0.15) is 0 Å². The molecule has 0 aliphatic heterocycles. The van der Waals surface area contributed by atoms with Crippen LogP contribution in [-0.2, 0) is 4.57 Å². The Morgan fingerprint density at radius 3 is 1.82 bits per heavy atom. The summed E-state index contributed by atoms with van der Waals surface area (Å²) >= 11 is 0. The molecule has 0 aliphatic carbocycles. The van der Waals surface area contributed by atoms with Gasteiger partial charge in [-0.1, -0.05) is 60.7 Å². The summed E-state index contributed by atoms with van der Waals surface area (Å²) in [6.07, 6.45) is 0.647. The summed E-state index contributed by atoms with van der Waals surface area (Å²) in [6, 6.07) is 19.7. The lowest BCUT2D eigenvalue weighted by Crippen LogP contribution is -2.30. The Hall–Kier alpha value is -1.41. The zero-order valence-electron chi connectivity index (χ0n) is 13.4. The standard InChI is InChI=1S/C18H25N2OP/c1-20(2)15-13-19-14-16-22(21,17-9-5-3-6-10-17)18-11-7-4-8-12-18/h3-12,19H,13-16H2,1-2H3. The molecule has 0 spiro atoms. The van der Waals surface area contributed by atoms with Crippen LogP contribution in [0.2, 0.25) is 0 Å². The van der Waals surface area contributed by atoms with Gasteiger partial charge >= 0.3 is 0 Å². The molecule has 0 radical (unpaired) electrons. The Balaban J connectivity index is 2.12. The molecule has 3 nitrogen and oxygen atoms in total. The van der Waals surface area contributed by atoms with E-state index in [4.69, 9.17) is 0 Å². The SMILES string of the molecule is CN(C)CCNCCP(=O)(c1ccccc1)c1ccccc1. The second kappa shape index (κ2) is 8.28. The normalized spacial score (nSPS) is 11.8. The lowest BCUT2D eigenvalue weighted by atomic mass is 10.4. The highest BCUT2D eigenvalue weighted by molar-refractivity contribution is 7.78. The van der Waals surface area contributed by atoms with Crippen molar-refractivity contribution < 1.29 is 4.57 Å². The first-order valence-corrected chi connectivity index (χ1v) is 9.58. The van der Waals surface area contributed by atoms with Crippen molar-refractivity contribution in [3.05, 3.63) is 60.7 Å². The number of benzene rings is 2. The highest BCUT2D eigenvalue weighted by Crippen LogP contribution is 2.42. The van der Waals surface area contributed by atoms with E-state index in [2.05, 4.69) is 24.3 Å². The monoisotopic (exact) mass is 316 g/mol. The van der Waals surface area contributed by atoms with Crippen LogP contribution in [0.25, 0.3) is 0 Å². The Labute approximate surface area is 133 Å². The summed E-state index contributed by atoms with van der Waals surface area (Å²) in [4.78, 5) is 2.14. The zero-order chi connectivity index (χ0) is 15.8. The molecule has 0 fully saturated rings. The predicted octanol–water partition coefficient (Wildman–Crippen LogP) is 2.15. The smallest absolute Gasteiger partial charge is 0.144 e. The predicted molar refractivity (Wildman–Crippen MR) is 96.0 cm³/mol. The van der Waals surface area contributed by atoms with Crippen LogP contribution < -0.4 is 15.9 Å². The number of nitrogens with one attached hydrogen (secondary N) is 1. The summed E-state index contributed by atoms with van der Waals surface area (Å²) in [5, 5.41) is 5.28. The fourth-order valence-corrected chi connectivity index (χ4v) is 5.00. The Bertz CT molecular complexity index is 555. The van der Waals surface area contributed by atoms with Gasteiger partial charge < -0.3 is 14.8 Å². The average Bonchev–Trinajstić information content (AvgIpc) is 2.55. The van der Waals surface area contributed by atoms with Gasteiger partial charge in [0.2, 0.25) is 0 Å². The van der Waals surface area contributed by atoms with Gasteiger partial charge in [0.15, 0.2) is 0 Å². The molecular formula is C18H25N2OP. The van der Waals surface area contributed by atoms with Gasteiger partial charge in [0, 0.05) is 36.4 Å². The third-order valence-electron chi connectivity index (χ3n) is 3.69. The molecule has 0 bridgehead atoms. The van der Waals surface area contributed by atoms with Gasteiger partial charge in [-0.15, -0.1) is 0 Å². The first-order chi connectivity index (χ1) is 10.6. The van der Waals surface area contributed by atoms with Gasteiger partial charge in [-0.3, -0.25) is 0 Å². The first-order valence-electron chi connectivity index (χ1n) is 7.69. The van der Waals surface area contributed by atoms with E-state index in [9.17, 15) is 4.57 Å². The minimum Gasteiger partial charge on any atom is -0.315 e. The second-order valence-corrected chi connectivity index (χ2v) is 8.65. The van der Waals surface area contributed by atoms with Gasteiger partial charge in [-0.25, -0.2) is 0 Å². The molecule has 2 rings (SSSR count). The van der Waals surface area contributed by atoms with E-state index in [0.717, 1.165) is 30.2 Å². The molecule has 1 N–H and O–H groups in total. The lowest BCUT2D eigenvalue weighted by molar-refractivity contribution is 0.402. The first kappa shape index (κ1) is 17.0. The Morgan fingerprint density at radius 1 is 0.864 bits per heavy atom. The molecule has 118 valence electrons. The molecular weight excluding hydrogens is 291 g/mol. The Morgan fingerprint density at radius 2 is 1.36 bits per heavy atom. The van der Waals surface area contributed by atoms with Gasteiger partial charge in [-0.05, 0) is 14.1 Å². The van der Waals surface area contributed by atoms with Crippen molar-refractivity contribution in [1.82, 2.24) is 10.2 Å². The largest absolute Gasteiger partial charge is 0.315 e. The van der Waals surface area contributed by atoms with Gasteiger partial charge in [0.1, 0.15) is 7.14 Å². The van der Waals surface area contributed by atoms with E-state index in [1.807, 2.05) is 60.7 Å². The molecule has 0 atom stereocenters. The van der Waals surface area contributed by atoms with Crippen LogP contribution >= 0.6 is 7.14 Å². The van der Waals surface area contributed by atoms with Crippen molar-refractivity contribution in [2.24, 2.45) is 0 Å². The van der Waals surface area contributed by atoms with E-state index >= 15 is 0 Å². The molecule has 2 aromatic carbocycles. The third-order valence-corrected chi connectivity index (χ3v) is 6.80. The topological polar surface area (TPSA) is 32.3 Å². The van der Waals surface area contributed by atoms with Crippen molar-refractivity contribution in [3.8, 4) is 0 Å². The minimum absolute atomic E-state index is 0.647. The molecule has 22 heavy (non-hydrogen) atoms. The molecule has 0 amide bonds. The maximum Gasteiger partial charge on any atom is 0.144 e. The summed E-state index contributed by atoms with van der Waals surface area (Å²) in [6.45, 7) is 2.66. The number of likely N-dealkylation sites (N-methyl/N-ethyl adjacent to an activating group) is 1. The maximum absolute atomic E-state index is 13.7. The fourth-order valence-electron chi connectivity index (χ4n) is 2.41. The number of rotatable bonds is 8. The zero-order valence-corrected chi connectivity index (χ0v) is 14.3. The summed E-state index contributed by atoms with van der Waals surface area (Å²) in [5.41, 5.74) is 0. The van der Waals surface area contributed by atoms with Crippen molar-refractivity contribution in [1.29, 1.82) is 0 Å². The summed E-state index contributed by atoms with van der Waals surface area (Å²) in [5.74, 6) is 0. The van der Waals surface area contributed by atoms with Crippen molar-refractivity contribution in [2.45, 2.75) is 0 Å². The van der Waals surface area contributed by atoms with Crippen LogP contribution in [0.3, 0.4) is 0 Å². The van der Waals surface area contributed by atoms with E-state index in [-0.39, 0.29) is 0 Å². The van der Waals surface area contributed by atoms with Crippen LogP contribution in [0, 0.1) is 0 Å². The van der Waals surface area contributed by atoms with Gasteiger partial charge in [0.05, 0.1) is 0 Å². The fraction of sp³-hybridized carbons (Fsp3) is 0.333. The molecule has 0 aromatic heterocycles. The third kappa shape index (κ3) is 4.54. The molecule has 0 heterocycles. The Kier molecular flexibility index (Phi) is 6.38. The van der Waals surface area contributed by atoms with Gasteiger partial charge in [-0.2, -0.15) is 0 Å². The molecule has 2 aromatic rings. The highest BCUT2D eigenvalue weighted by atomic mass is 31.2. The molecule has 0 aliphatic rings. The molecule has 0 unspecified atom stereocenters. The second-order valence-electron chi connectivity index (χ2n) is 5.69. The molecule has 0 saturated carbocycles. The molecule has 0 saturated heterocycles. The van der Waals surface area contributed by atoms with E-state index in [1.165, 1.54) is 0 Å². The van der Waals surface area contributed by atoms with Gasteiger partial charge in [0.25, 0.3) is 0 Å². The van der Waals surface area contributed by atoms with Crippen molar-refractivity contribution >= 4 is 17.8 Å². The van der Waals surface area contributed by atoms with Crippen LogP contribution in [0.15, 0.2) is 60.7 Å². The number of hydrogen-bond donors (Lipinski definition) is 1. The van der Waals surface area contributed by atoms with Crippen LogP contribution in [0.4, 0.5) is 0 Å². The number of nitrogens with zero attached hydrogens (tertiary/aromatic N) is 1. The van der Waals surface area contributed by atoms with Crippen LogP contribution in [-0.4, -0.2) is 44.8 Å². The molecule has 4 heteroatoms. The maximum atomic E-state index is 13.7. The van der Waals surface area contributed by atoms with E-state index < -0.39 is 7.14 Å². The lowest BCUT2D eigenvalue weighted by Gasteiger charge is -2.20. The average molecular weight is 316 g/mol. The highest BCUT2D eigenvalue weighted by Gasteiger charge is 2.26. The minimum atomic E-state index is -2.56. The summed E-state index contributed by atoms with van der Waals surface area (Å²) in [7, 11) is 1.55. The van der Waals surface area contributed by atoms with E-state index in [1.54, 1.807) is 0 Å². The number of hydrogen-bond acceptors (Lipinski definition) is 3. The van der Waals surface area contributed by atoms with Crippen molar-refractivity contribution in [2.75, 3.05) is 39.9 Å². The van der Waals surface area contributed by atoms with Crippen LogP contribution in [0.5, 0.6) is 0 Å². The quantitative estimate of drug-likeness (QED) is 0.598. The summed E-state index contributed by atoms with van der Waals surface area (Å²) < 4.78 is 13.7. The van der Waals surface area contributed by atoms with Crippen molar-refractivity contribution in [3.63, 3.8) is 0 Å². The van der Waals surface area contributed by atoms with E-state index in [0.29, 0.717) is 6.16 Å².